The van der Waals surface area contributed by atoms with Gasteiger partial charge >= 0.3 is 0 Å². The van der Waals surface area contributed by atoms with Crippen molar-refractivity contribution in [3.05, 3.63) is 35.6 Å². The molecule has 3 heteroatoms. The van der Waals surface area contributed by atoms with Gasteiger partial charge in [-0.05, 0) is 44.7 Å². The molecular weight excluding hydrogens is 241 g/mol. The van der Waals surface area contributed by atoms with Gasteiger partial charge < -0.3 is 5.11 Å². The molecule has 1 aromatic rings. The lowest BCUT2D eigenvalue weighted by atomic mass is 9.91. The zero-order valence-electron chi connectivity index (χ0n) is 11.5. The fraction of sp³-hybridized carbons (Fsp3) is 0.625. The Hall–Kier alpha value is -0.930. The lowest BCUT2D eigenvalue weighted by molar-refractivity contribution is 0.115. The molecule has 1 aliphatic carbocycles. The molecule has 19 heavy (non-hydrogen) atoms. The molecule has 1 aromatic carbocycles. The Morgan fingerprint density at radius 1 is 1.16 bits per heavy atom. The van der Waals surface area contributed by atoms with Crippen LogP contribution in [0.2, 0.25) is 0 Å². The van der Waals surface area contributed by atoms with Crippen LogP contribution >= 0.6 is 0 Å². The molecule has 0 heterocycles. The first kappa shape index (κ1) is 14.5. The summed E-state index contributed by atoms with van der Waals surface area (Å²) < 4.78 is 13.7. The van der Waals surface area contributed by atoms with E-state index in [0.29, 0.717) is 6.04 Å². The van der Waals surface area contributed by atoms with Crippen molar-refractivity contribution < 1.29 is 9.50 Å². The largest absolute Gasteiger partial charge is 0.396 e. The van der Waals surface area contributed by atoms with Crippen molar-refractivity contribution in [1.82, 2.24) is 4.90 Å². The van der Waals surface area contributed by atoms with E-state index >= 15 is 0 Å². The summed E-state index contributed by atoms with van der Waals surface area (Å²) in [6.07, 6.45) is 6.80. The van der Waals surface area contributed by atoms with Gasteiger partial charge in [-0.25, -0.2) is 4.39 Å². The highest BCUT2D eigenvalue weighted by Gasteiger charge is 2.25. The Balaban J connectivity index is 1.88. The summed E-state index contributed by atoms with van der Waals surface area (Å²) in [7, 11) is 0. The first-order chi connectivity index (χ1) is 9.31. The molecule has 2 nitrogen and oxygen atoms in total. The van der Waals surface area contributed by atoms with Gasteiger partial charge in [-0.15, -0.1) is 0 Å². The Bertz CT molecular complexity index is 379. The molecule has 0 aromatic heterocycles. The second-order valence-electron chi connectivity index (χ2n) is 5.43. The van der Waals surface area contributed by atoms with Crippen molar-refractivity contribution >= 4 is 0 Å². The van der Waals surface area contributed by atoms with Crippen molar-refractivity contribution in [3.8, 4) is 0 Å². The summed E-state index contributed by atoms with van der Waals surface area (Å²) in [5.41, 5.74) is 0.802. The van der Waals surface area contributed by atoms with Gasteiger partial charge in [-0.1, -0.05) is 24.6 Å². The highest BCUT2D eigenvalue weighted by Crippen LogP contribution is 2.27. The van der Waals surface area contributed by atoms with E-state index in [1.54, 1.807) is 12.1 Å². The fourth-order valence-corrected chi connectivity index (χ4v) is 2.59. The Labute approximate surface area is 115 Å². The number of aliphatic hydroxyl groups excluding tert-OH is 1. The average Bonchev–Trinajstić information content (AvgIpc) is 2.35. The Kier molecular flexibility index (Phi) is 5.80. The molecule has 1 fully saturated rings. The zero-order chi connectivity index (χ0) is 13.5. The molecule has 0 amide bonds. The van der Waals surface area contributed by atoms with Crippen LogP contribution in [0.4, 0.5) is 4.39 Å². The predicted molar refractivity (Wildman–Crippen MR) is 75.4 cm³/mol. The fourth-order valence-electron chi connectivity index (χ4n) is 2.59. The first-order valence-electron chi connectivity index (χ1n) is 7.39. The van der Waals surface area contributed by atoms with Crippen LogP contribution in [0.1, 0.15) is 44.1 Å². The van der Waals surface area contributed by atoms with E-state index in [-0.39, 0.29) is 12.4 Å². The summed E-state index contributed by atoms with van der Waals surface area (Å²) in [6.45, 7) is 2.01. The Morgan fingerprint density at radius 3 is 2.58 bits per heavy atom. The molecule has 1 aliphatic rings. The van der Waals surface area contributed by atoms with E-state index in [4.69, 9.17) is 5.11 Å². The van der Waals surface area contributed by atoms with Crippen molar-refractivity contribution in [2.75, 3.05) is 13.2 Å². The zero-order valence-corrected chi connectivity index (χ0v) is 11.5. The van der Waals surface area contributed by atoms with Gasteiger partial charge in [0.2, 0.25) is 0 Å². The molecule has 0 atom stereocenters. The standard InChI is InChI=1S/C16H24FNO/c17-16-10-3-2-7-14(16)13-18(15-8-6-9-15)11-4-1-5-12-19/h2-3,7,10,15,19H,1,4-6,8-9,11-13H2. The van der Waals surface area contributed by atoms with Crippen LogP contribution < -0.4 is 0 Å². The summed E-state index contributed by atoms with van der Waals surface area (Å²) >= 11 is 0. The quantitative estimate of drug-likeness (QED) is 0.729. The Morgan fingerprint density at radius 2 is 1.95 bits per heavy atom. The van der Waals surface area contributed by atoms with Crippen LogP contribution in [0.3, 0.4) is 0 Å². The maximum atomic E-state index is 13.7. The minimum atomic E-state index is -0.0952. The lowest BCUT2D eigenvalue weighted by Gasteiger charge is -2.37. The molecule has 2 rings (SSSR count). The number of unbranched alkanes of at least 4 members (excludes halogenated alkanes) is 2. The van der Waals surface area contributed by atoms with Gasteiger partial charge in [0.1, 0.15) is 5.82 Å². The minimum absolute atomic E-state index is 0.0952. The number of rotatable bonds is 8. The van der Waals surface area contributed by atoms with Crippen LogP contribution in [0.5, 0.6) is 0 Å². The van der Waals surface area contributed by atoms with Crippen molar-refractivity contribution in [2.24, 2.45) is 0 Å². The highest BCUT2D eigenvalue weighted by molar-refractivity contribution is 5.17. The summed E-state index contributed by atoms with van der Waals surface area (Å²) in [6, 6.07) is 7.71. The van der Waals surface area contributed by atoms with Gasteiger partial charge in [-0.3, -0.25) is 4.90 Å². The van der Waals surface area contributed by atoms with E-state index in [9.17, 15) is 4.39 Å². The van der Waals surface area contributed by atoms with E-state index < -0.39 is 0 Å². The van der Waals surface area contributed by atoms with Gasteiger partial charge in [0.05, 0.1) is 0 Å². The lowest BCUT2D eigenvalue weighted by Crippen LogP contribution is -2.40. The molecule has 1 saturated carbocycles. The van der Waals surface area contributed by atoms with Crippen LogP contribution in [-0.2, 0) is 6.54 Å². The minimum Gasteiger partial charge on any atom is -0.396 e. The normalized spacial score (nSPS) is 15.7. The first-order valence-corrected chi connectivity index (χ1v) is 7.39. The number of hydrogen-bond acceptors (Lipinski definition) is 2. The third-order valence-corrected chi connectivity index (χ3v) is 4.03. The maximum absolute atomic E-state index is 13.7. The molecule has 0 radical (unpaired) electrons. The van der Waals surface area contributed by atoms with Gasteiger partial charge in [0.25, 0.3) is 0 Å². The topological polar surface area (TPSA) is 23.5 Å². The third-order valence-electron chi connectivity index (χ3n) is 4.03. The number of nitrogens with zero attached hydrogens (tertiary/aromatic N) is 1. The summed E-state index contributed by atoms with van der Waals surface area (Å²) in [5.74, 6) is -0.0952. The van der Waals surface area contributed by atoms with Gasteiger partial charge in [-0.2, -0.15) is 0 Å². The third kappa shape index (κ3) is 4.29. The molecule has 0 unspecified atom stereocenters. The van der Waals surface area contributed by atoms with E-state index in [1.807, 2.05) is 12.1 Å². The molecule has 0 spiro atoms. The molecule has 0 aliphatic heterocycles. The van der Waals surface area contributed by atoms with Gasteiger partial charge in [0.15, 0.2) is 0 Å². The highest BCUT2D eigenvalue weighted by atomic mass is 19.1. The average molecular weight is 265 g/mol. The van der Waals surface area contributed by atoms with E-state index in [0.717, 1.165) is 37.9 Å². The van der Waals surface area contributed by atoms with Crippen molar-refractivity contribution in [2.45, 2.75) is 51.1 Å². The molecule has 106 valence electrons. The SMILES string of the molecule is OCCCCCN(Cc1ccccc1F)C1CCC1. The maximum Gasteiger partial charge on any atom is 0.127 e. The van der Waals surface area contributed by atoms with Crippen molar-refractivity contribution in [1.29, 1.82) is 0 Å². The monoisotopic (exact) mass is 265 g/mol. The van der Waals surface area contributed by atoms with Crippen LogP contribution in [0.25, 0.3) is 0 Å². The summed E-state index contributed by atoms with van der Waals surface area (Å²) in [5, 5.41) is 8.81. The van der Waals surface area contributed by atoms with E-state index in [2.05, 4.69) is 4.90 Å². The van der Waals surface area contributed by atoms with E-state index in [1.165, 1.54) is 19.3 Å². The molecule has 0 saturated heterocycles. The second kappa shape index (κ2) is 7.61. The van der Waals surface area contributed by atoms with Crippen LogP contribution in [0.15, 0.2) is 24.3 Å². The number of benzene rings is 1. The van der Waals surface area contributed by atoms with Crippen LogP contribution in [-0.4, -0.2) is 29.2 Å². The molecular formula is C16H24FNO. The molecule has 0 bridgehead atoms. The molecule has 1 N–H and O–H groups in total. The van der Waals surface area contributed by atoms with Gasteiger partial charge in [0, 0.05) is 24.8 Å². The smallest absolute Gasteiger partial charge is 0.127 e. The summed E-state index contributed by atoms with van der Waals surface area (Å²) in [4.78, 5) is 2.42. The predicted octanol–water partition coefficient (Wildman–Crippen LogP) is 3.34. The number of halogens is 1. The van der Waals surface area contributed by atoms with Crippen LogP contribution in [0, 0.1) is 5.82 Å². The second-order valence-corrected chi connectivity index (χ2v) is 5.43. The number of hydrogen-bond donors (Lipinski definition) is 1. The van der Waals surface area contributed by atoms with Crippen molar-refractivity contribution in [3.63, 3.8) is 0 Å². The number of aliphatic hydroxyl groups is 1.